The fraction of sp³-hybridized carbons (Fsp3) is 0.188. The van der Waals surface area contributed by atoms with Crippen LogP contribution >= 0.6 is 27.3 Å². The standard InChI is InChI=1S/C16H15BrN2OS/c1-20-14-5-3-2-4-11(14)8-9-18-16-19-13-10-12(17)6-7-15(13)21-16/h2-7,10H,8-9H2,1H3,(H,18,19). The molecule has 0 aliphatic rings. The van der Waals surface area contributed by atoms with Crippen molar-refractivity contribution in [2.75, 3.05) is 19.0 Å². The molecule has 0 atom stereocenters. The second kappa shape index (κ2) is 6.45. The van der Waals surface area contributed by atoms with Crippen molar-refractivity contribution >= 4 is 42.6 Å². The van der Waals surface area contributed by atoms with Gasteiger partial charge in [0.25, 0.3) is 0 Å². The SMILES string of the molecule is COc1ccccc1CCNc1nc2cc(Br)ccc2s1. The van der Waals surface area contributed by atoms with Gasteiger partial charge in [-0.3, -0.25) is 0 Å². The monoisotopic (exact) mass is 362 g/mol. The number of hydrogen-bond acceptors (Lipinski definition) is 4. The van der Waals surface area contributed by atoms with E-state index >= 15 is 0 Å². The van der Waals surface area contributed by atoms with Gasteiger partial charge in [0.2, 0.25) is 0 Å². The topological polar surface area (TPSA) is 34.1 Å². The Morgan fingerprint density at radius 2 is 2.10 bits per heavy atom. The summed E-state index contributed by atoms with van der Waals surface area (Å²) in [4.78, 5) is 4.59. The maximum atomic E-state index is 5.36. The van der Waals surface area contributed by atoms with Crippen LogP contribution in [0.3, 0.4) is 0 Å². The minimum absolute atomic E-state index is 0.835. The highest BCUT2D eigenvalue weighted by molar-refractivity contribution is 9.10. The van der Waals surface area contributed by atoms with E-state index in [9.17, 15) is 0 Å². The first kappa shape index (κ1) is 14.4. The molecule has 0 bridgehead atoms. The van der Waals surface area contributed by atoms with E-state index < -0.39 is 0 Å². The number of rotatable bonds is 5. The molecule has 0 saturated carbocycles. The molecule has 0 aliphatic heterocycles. The van der Waals surface area contributed by atoms with Gasteiger partial charge in [0.05, 0.1) is 17.3 Å². The van der Waals surface area contributed by atoms with E-state index in [0.717, 1.165) is 33.8 Å². The van der Waals surface area contributed by atoms with E-state index in [4.69, 9.17) is 4.74 Å². The number of aromatic nitrogens is 1. The predicted octanol–water partition coefficient (Wildman–Crippen LogP) is 4.72. The van der Waals surface area contributed by atoms with Gasteiger partial charge in [0.15, 0.2) is 5.13 Å². The maximum Gasteiger partial charge on any atom is 0.183 e. The fourth-order valence-electron chi connectivity index (χ4n) is 2.19. The average Bonchev–Trinajstić information content (AvgIpc) is 2.89. The van der Waals surface area contributed by atoms with Crippen LogP contribution in [0.25, 0.3) is 10.2 Å². The molecular weight excluding hydrogens is 348 g/mol. The molecule has 3 nitrogen and oxygen atoms in total. The number of ether oxygens (including phenoxy) is 1. The Morgan fingerprint density at radius 1 is 1.24 bits per heavy atom. The van der Waals surface area contributed by atoms with Crippen molar-refractivity contribution in [2.24, 2.45) is 0 Å². The zero-order valence-corrected chi connectivity index (χ0v) is 14.0. The van der Waals surface area contributed by atoms with Crippen LogP contribution in [-0.2, 0) is 6.42 Å². The number of methoxy groups -OCH3 is 1. The number of anilines is 1. The van der Waals surface area contributed by atoms with Gasteiger partial charge in [-0.05, 0) is 36.2 Å². The second-order valence-corrected chi connectivity index (χ2v) is 6.57. The number of fused-ring (bicyclic) bond motifs is 1. The van der Waals surface area contributed by atoms with Gasteiger partial charge < -0.3 is 10.1 Å². The molecule has 1 heterocycles. The largest absolute Gasteiger partial charge is 0.496 e. The predicted molar refractivity (Wildman–Crippen MR) is 92.5 cm³/mol. The van der Waals surface area contributed by atoms with Crippen LogP contribution in [-0.4, -0.2) is 18.6 Å². The van der Waals surface area contributed by atoms with Crippen molar-refractivity contribution < 1.29 is 4.74 Å². The van der Waals surface area contributed by atoms with E-state index in [1.165, 1.54) is 10.3 Å². The lowest BCUT2D eigenvalue weighted by atomic mass is 10.1. The van der Waals surface area contributed by atoms with Crippen LogP contribution in [0, 0.1) is 0 Å². The molecule has 0 aliphatic carbocycles. The Hall–Kier alpha value is -1.59. The molecule has 0 spiro atoms. The average molecular weight is 363 g/mol. The van der Waals surface area contributed by atoms with Gasteiger partial charge in [0.1, 0.15) is 5.75 Å². The van der Waals surface area contributed by atoms with Crippen LogP contribution in [0.4, 0.5) is 5.13 Å². The van der Waals surface area contributed by atoms with E-state index in [-0.39, 0.29) is 0 Å². The summed E-state index contributed by atoms with van der Waals surface area (Å²) in [6.45, 7) is 0.835. The fourth-order valence-corrected chi connectivity index (χ4v) is 3.41. The molecule has 108 valence electrons. The van der Waals surface area contributed by atoms with Crippen molar-refractivity contribution in [2.45, 2.75) is 6.42 Å². The van der Waals surface area contributed by atoms with E-state index in [2.05, 4.69) is 38.4 Å². The Kier molecular flexibility index (Phi) is 4.41. The highest BCUT2D eigenvalue weighted by Crippen LogP contribution is 2.28. The normalized spacial score (nSPS) is 10.8. The summed E-state index contributed by atoms with van der Waals surface area (Å²) < 4.78 is 7.61. The van der Waals surface area contributed by atoms with E-state index in [0.29, 0.717) is 0 Å². The summed E-state index contributed by atoms with van der Waals surface area (Å²) in [5.74, 6) is 0.938. The molecule has 0 fully saturated rings. The van der Waals surface area contributed by atoms with E-state index in [1.807, 2.05) is 30.3 Å². The third kappa shape index (κ3) is 3.36. The van der Waals surface area contributed by atoms with Crippen LogP contribution in [0.5, 0.6) is 5.75 Å². The molecule has 21 heavy (non-hydrogen) atoms. The minimum Gasteiger partial charge on any atom is -0.496 e. The first-order chi connectivity index (χ1) is 10.3. The van der Waals surface area contributed by atoms with Crippen LogP contribution in [0.15, 0.2) is 46.9 Å². The number of thiazole rings is 1. The van der Waals surface area contributed by atoms with Crippen molar-refractivity contribution in [3.05, 3.63) is 52.5 Å². The summed E-state index contributed by atoms with van der Waals surface area (Å²) in [5.41, 5.74) is 2.23. The number of nitrogens with zero attached hydrogens (tertiary/aromatic N) is 1. The van der Waals surface area contributed by atoms with Crippen molar-refractivity contribution in [1.82, 2.24) is 4.98 Å². The molecule has 1 N–H and O–H groups in total. The number of nitrogens with one attached hydrogen (secondary N) is 1. The quantitative estimate of drug-likeness (QED) is 0.712. The molecule has 2 aromatic carbocycles. The molecule has 3 rings (SSSR count). The Bertz CT molecular complexity index is 757. The third-order valence-electron chi connectivity index (χ3n) is 3.21. The molecule has 5 heteroatoms. The van der Waals surface area contributed by atoms with E-state index in [1.54, 1.807) is 18.4 Å². The summed E-state index contributed by atoms with van der Waals surface area (Å²) in [5, 5.41) is 4.35. The zero-order valence-electron chi connectivity index (χ0n) is 11.6. The summed E-state index contributed by atoms with van der Waals surface area (Å²) in [6, 6.07) is 14.3. The number of benzene rings is 2. The Balaban J connectivity index is 1.66. The first-order valence-electron chi connectivity index (χ1n) is 6.68. The smallest absolute Gasteiger partial charge is 0.183 e. The van der Waals surface area contributed by atoms with Crippen molar-refractivity contribution in [3.8, 4) is 5.75 Å². The molecule has 0 amide bonds. The highest BCUT2D eigenvalue weighted by atomic mass is 79.9. The lowest BCUT2D eigenvalue weighted by Gasteiger charge is -2.08. The molecule has 1 aromatic heterocycles. The molecular formula is C16H15BrN2OS. The second-order valence-electron chi connectivity index (χ2n) is 4.62. The minimum atomic E-state index is 0.835. The first-order valence-corrected chi connectivity index (χ1v) is 8.29. The van der Waals surface area contributed by atoms with Gasteiger partial charge in [-0.1, -0.05) is 45.5 Å². The summed E-state index contributed by atoms with van der Waals surface area (Å²) >= 11 is 5.15. The lowest BCUT2D eigenvalue weighted by Crippen LogP contribution is -2.05. The van der Waals surface area contributed by atoms with Gasteiger partial charge >= 0.3 is 0 Å². The lowest BCUT2D eigenvalue weighted by molar-refractivity contribution is 0.410. The Morgan fingerprint density at radius 3 is 2.95 bits per heavy atom. The molecule has 0 radical (unpaired) electrons. The summed E-state index contributed by atoms with van der Waals surface area (Å²) in [7, 11) is 1.71. The van der Waals surface area contributed by atoms with Crippen LogP contribution in [0.2, 0.25) is 0 Å². The van der Waals surface area contributed by atoms with Crippen molar-refractivity contribution in [1.29, 1.82) is 0 Å². The number of para-hydroxylation sites is 1. The molecule has 0 unspecified atom stereocenters. The van der Waals surface area contributed by atoms with Gasteiger partial charge in [-0.25, -0.2) is 4.98 Å². The van der Waals surface area contributed by atoms with Crippen LogP contribution < -0.4 is 10.1 Å². The number of hydrogen-bond donors (Lipinski definition) is 1. The Labute approximate surface area is 136 Å². The highest BCUT2D eigenvalue weighted by Gasteiger charge is 2.05. The van der Waals surface area contributed by atoms with Gasteiger partial charge in [-0.2, -0.15) is 0 Å². The van der Waals surface area contributed by atoms with Gasteiger partial charge in [-0.15, -0.1) is 0 Å². The molecule has 3 aromatic rings. The number of halogens is 1. The maximum absolute atomic E-state index is 5.36. The van der Waals surface area contributed by atoms with Crippen molar-refractivity contribution in [3.63, 3.8) is 0 Å². The van der Waals surface area contributed by atoms with Crippen LogP contribution in [0.1, 0.15) is 5.56 Å². The third-order valence-corrected chi connectivity index (χ3v) is 4.70. The summed E-state index contributed by atoms with van der Waals surface area (Å²) in [6.07, 6.45) is 0.906. The molecule has 0 saturated heterocycles. The van der Waals surface area contributed by atoms with Gasteiger partial charge in [0, 0.05) is 11.0 Å². The zero-order chi connectivity index (χ0) is 14.7.